The molecule has 9 heteroatoms. The van der Waals surface area contributed by atoms with Crippen LogP contribution < -0.4 is 16.2 Å². The molecule has 0 heterocycles. The van der Waals surface area contributed by atoms with E-state index >= 15 is 0 Å². The van der Waals surface area contributed by atoms with Gasteiger partial charge >= 0.3 is 6.03 Å². The molecule has 0 saturated heterocycles. The number of carbonyl (C=O) groups is 2. The zero-order chi connectivity index (χ0) is 15.0. The summed E-state index contributed by atoms with van der Waals surface area (Å²) in [4.78, 5) is 33.1. The third-order valence-corrected chi connectivity index (χ3v) is 3.08. The summed E-state index contributed by atoms with van der Waals surface area (Å²) in [6, 6.07) is 5.38. The molecule has 8 nitrogen and oxygen atoms in total. The maximum Gasteiger partial charge on any atom is 0.333 e. The Balaban J connectivity index is 2.33. The molecule has 108 valence electrons. The second kappa shape index (κ2) is 8.00. The summed E-state index contributed by atoms with van der Waals surface area (Å²) in [7, 11) is 0. The summed E-state index contributed by atoms with van der Waals surface area (Å²) < 4.78 is 0. The van der Waals surface area contributed by atoms with E-state index in [1.54, 1.807) is 19.1 Å². The van der Waals surface area contributed by atoms with Crippen molar-refractivity contribution < 1.29 is 14.5 Å². The molecule has 0 aliphatic rings. The summed E-state index contributed by atoms with van der Waals surface area (Å²) in [6.45, 7) is 2.21. The van der Waals surface area contributed by atoms with Gasteiger partial charge in [-0.05, 0) is 19.1 Å². The quantitative estimate of drug-likeness (QED) is 0.427. The van der Waals surface area contributed by atoms with Crippen molar-refractivity contribution in [3.05, 3.63) is 34.4 Å². The zero-order valence-corrected chi connectivity index (χ0v) is 11.5. The fourth-order valence-corrected chi connectivity index (χ4v) is 1.88. The molecule has 0 spiro atoms. The predicted molar refractivity (Wildman–Crippen MR) is 74.2 cm³/mol. The van der Waals surface area contributed by atoms with E-state index in [4.69, 9.17) is 0 Å². The van der Waals surface area contributed by atoms with Crippen LogP contribution in [0.3, 0.4) is 0 Å². The lowest BCUT2D eigenvalue weighted by Gasteiger charge is -2.07. The Hall–Kier alpha value is -2.29. The minimum atomic E-state index is -0.489. The monoisotopic (exact) mass is 298 g/mol. The van der Waals surface area contributed by atoms with Crippen molar-refractivity contribution in [2.45, 2.75) is 11.8 Å². The van der Waals surface area contributed by atoms with E-state index in [2.05, 4.69) is 16.2 Å². The van der Waals surface area contributed by atoms with Crippen LogP contribution >= 0.6 is 11.8 Å². The Morgan fingerprint density at radius 2 is 1.90 bits per heavy atom. The molecular formula is C11H14N4O4S. The van der Waals surface area contributed by atoms with E-state index in [1.807, 2.05) is 0 Å². The van der Waals surface area contributed by atoms with E-state index in [-0.39, 0.29) is 17.3 Å². The molecule has 0 aliphatic heterocycles. The van der Waals surface area contributed by atoms with Gasteiger partial charge in [0.25, 0.3) is 5.69 Å². The molecule has 3 N–H and O–H groups in total. The Morgan fingerprint density at radius 3 is 2.45 bits per heavy atom. The molecule has 0 atom stereocenters. The van der Waals surface area contributed by atoms with Crippen LogP contribution in [0.2, 0.25) is 0 Å². The van der Waals surface area contributed by atoms with Gasteiger partial charge in [0.1, 0.15) is 0 Å². The van der Waals surface area contributed by atoms with Crippen LogP contribution in [0.1, 0.15) is 6.92 Å². The number of nitro groups is 1. The number of hydrogen-bond donors (Lipinski definition) is 3. The lowest BCUT2D eigenvalue weighted by Crippen LogP contribution is -2.47. The van der Waals surface area contributed by atoms with Gasteiger partial charge in [-0.1, -0.05) is 0 Å². The number of nitrogens with zero attached hydrogens (tertiary/aromatic N) is 1. The summed E-state index contributed by atoms with van der Waals surface area (Å²) in [5.74, 6) is -0.288. The van der Waals surface area contributed by atoms with Gasteiger partial charge in [-0.25, -0.2) is 10.2 Å². The molecule has 20 heavy (non-hydrogen) atoms. The second-order valence-electron chi connectivity index (χ2n) is 3.57. The second-order valence-corrected chi connectivity index (χ2v) is 4.62. The van der Waals surface area contributed by atoms with Crippen LogP contribution in [0.15, 0.2) is 29.2 Å². The summed E-state index contributed by atoms with van der Waals surface area (Å²) in [5, 5.41) is 12.9. The highest BCUT2D eigenvalue weighted by Gasteiger charge is 2.07. The summed E-state index contributed by atoms with van der Waals surface area (Å²) in [5.41, 5.74) is 4.43. The summed E-state index contributed by atoms with van der Waals surface area (Å²) >= 11 is 1.21. The maximum absolute atomic E-state index is 11.4. The van der Waals surface area contributed by atoms with Crippen molar-refractivity contribution >= 4 is 29.4 Å². The molecule has 1 aromatic rings. The maximum atomic E-state index is 11.4. The van der Waals surface area contributed by atoms with E-state index in [0.717, 1.165) is 4.90 Å². The van der Waals surface area contributed by atoms with E-state index in [9.17, 15) is 19.7 Å². The molecule has 3 amide bonds. The third kappa shape index (κ3) is 5.57. The van der Waals surface area contributed by atoms with Crippen molar-refractivity contribution in [1.82, 2.24) is 16.2 Å². The minimum absolute atomic E-state index is 0.00305. The van der Waals surface area contributed by atoms with E-state index < -0.39 is 11.0 Å². The highest BCUT2D eigenvalue weighted by Crippen LogP contribution is 2.20. The number of nitro benzene ring substituents is 1. The molecule has 0 aromatic heterocycles. The molecule has 0 aliphatic carbocycles. The van der Waals surface area contributed by atoms with Gasteiger partial charge < -0.3 is 5.32 Å². The van der Waals surface area contributed by atoms with Gasteiger partial charge in [0.05, 0.1) is 10.7 Å². The molecule has 1 rings (SSSR count). The van der Waals surface area contributed by atoms with Crippen molar-refractivity contribution in [3.63, 3.8) is 0 Å². The van der Waals surface area contributed by atoms with Crippen LogP contribution in [0, 0.1) is 10.1 Å². The SMILES string of the molecule is CCNC(=O)NNC(=O)CSc1ccc([N+](=O)[O-])cc1. The zero-order valence-electron chi connectivity index (χ0n) is 10.7. The first-order chi connectivity index (χ1) is 9.52. The van der Waals surface area contributed by atoms with Gasteiger partial charge in [-0.3, -0.25) is 20.3 Å². The average Bonchev–Trinajstić information content (AvgIpc) is 2.43. The van der Waals surface area contributed by atoms with Gasteiger partial charge in [-0.15, -0.1) is 11.8 Å². The van der Waals surface area contributed by atoms with Gasteiger partial charge in [0.2, 0.25) is 5.91 Å². The Bertz CT molecular complexity index is 492. The third-order valence-electron chi connectivity index (χ3n) is 2.07. The molecule has 0 unspecified atom stereocenters. The van der Waals surface area contributed by atoms with E-state index in [0.29, 0.717) is 6.54 Å². The minimum Gasteiger partial charge on any atom is -0.337 e. The van der Waals surface area contributed by atoms with E-state index in [1.165, 1.54) is 23.9 Å². The Morgan fingerprint density at radius 1 is 1.25 bits per heavy atom. The molecule has 0 bridgehead atoms. The van der Waals surface area contributed by atoms with Crippen LogP contribution in [-0.2, 0) is 4.79 Å². The van der Waals surface area contributed by atoms with Gasteiger partial charge in [0.15, 0.2) is 0 Å². The number of nitrogens with one attached hydrogen (secondary N) is 3. The largest absolute Gasteiger partial charge is 0.337 e. The smallest absolute Gasteiger partial charge is 0.333 e. The number of non-ortho nitro benzene ring substituents is 1. The topological polar surface area (TPSA) is 113 Å². The average molecular weight is 298 g/mol. The van der Waals surface area contributed by atoms with Crippen molar-refractivity contribution in [3.8, 4) is 0 Å². The first kappa shape index (κ1) is 15.8. The molecular weight excluding hydrogens is 284 g/mol. The number of rotatable bonds is 5. The number of hydrogen-bond acceptors (Lipinski definition) is 5. The van der Waals surface area contributed by atoms with Crippen LogP contribution in [-0.4, -0.2) is 29.2 Å². The van der Waals surface area contributed by atoms with Crippen LogP contribution in [0.5, 0.6) is 0 Å². The normalized spacial score (nSPS) is 9.65. The fourth-order valence-electron chi connectivity index (χ4n) is 1.18. The van der Waals surface area contributed by atoms with Gasteiger partial charge in [-0.2, -0.15) is 0 Å². The first-order valence-electron chi connectivity index (χ1n) is 5.73. The van der Waals surface area contributed by atoms with Crippen LogP contribution in [0.25, 0.3) is 0 Å². The fraction of sp³-hybridized carbons (Fsp3) is 0.273. The van der Waals surface area contributed by atoms with Crippen molar-refractivity contribution in [2.24, 2.45) is 0 Å². The lowest BCUT2D eigenvalue weighted by atomic mass is 10.3. The number of hydrazine groups is 1. The van der Waals surface area contributed by atoms with Gasteiger partial charge in [0, 0.05) is 23.6 Å². The summed E-state index contributed by atoms with van der Waals surface area (Å²) in [6.07, 6.45) is 0. The first-order valence-corrected chi connectivity index (χ1v) is 6.71. The molecule has 0 saturated carbocycles. The molecule has 0 radical (unpaired) electrons. The molecule has 0 fully saturated rings. The standard InChI is InChI=1S/C11H14N4O4S/c1-2-12-11(17)14-13-10(16)7-20-9-5-3-8(4-6-9)15(18)19/h3-6H,2,7H2,1H3,(H,13,16)(H2,12,14,17). The van der Waals surface area contributed by atoms with Crippen molar-refractivity contribution in [1.29, 1.82) is 0 Å². The molecule has 1 aromatic carbocycles. The number of amides is 3. The highest BCUT2D eigenvalue weighted by atomic mass is 32.2. The predicted octanol–water partition coefficient (Wildman–Crippen LogP) is 1.04. The number of carbonyl (C=O) groups excluding carboxylic acids is 2. The number of benzene rings is 1. The Kier molecular flexibility index (Phi) is 6.30. The highest BCUT2D eigenvalue weighted by molar-refractivity contribution is 8.00. The Labute approximate surface area is 119 Å². The van der Waals surface area contributed by atoms with Crippen LogP contribution in [0.4, 0.5) is 10.5 Å². The van der Waals surface area contributed by atoms with Crippen molar-refractivity contribution in [2.75, 3.05) is 12.3 Å². The number of thioether (sulfide) groups is 1. The number of urea groups is 1. The lowest BCUT2D eigenvalue weighted by molar-refractivity contribution is -0.384.